The summed E-state index contributed by atoms with van der Waals surface area (Å²) < 4.78 is 2.61. The Morgan fingerprint density at radius 2 is 1.76 bits per heavy atom. The Kier molecular flexibility index (Phi) is 4.35. The molecule has 0 aliphatic rings. The largest absolute Gasteiger partial charge is 0.278 e. The van der Waals surface area contributed by atoms with Crippen molar-refractivity contribution in [2.24, 2.45) is 0 Å². The number of alkyl halides is 1. The molecule has 0 atom stereocenters. The van der Waals surface area contributed by atoms with Gasteiger partial charge in [0.1, 0.15) is 11.3 Å². The summed E-state index contributed by atoms with van der Waals surface area (Å²) >= 11 is 27.7. The van der Waals surface area contributed by atoms with Gasteiger partial charge in [0, 0.05) is 10.7 Å². The minimum atomic E-state index is 0.213. The fourth-order valence-electron chi connectivity index (χ4n) is 2.01. The van der Waals surface area contributed by atoms with Gasteiger partial charge in [-0.1, -0.05) is 34.8 Å². The summed E-state index contributed by atoms with van der Waals surface area (Å²) in [6.07, 6.45) is 1.68. The van der Waals surface area contributed by atoms with Gasteiger partial charge in [-0.2, -0.15) is 0 Å². The van der Waals surface area contributed by atoms with Gasteiger partial charge in [0.2, 0.25) is 0 Å². The van der Waals surface area contributed by atoms with Crippen LogP contribution >= 0.6 is 62.3 Å². The number of pyridine rings is 1. The van der Waals surface area contributed by atoms with E-state index in [1.807, 2.05) is 6.07 Å². The van der Waals surface area contributed by atoms with Crippen LogP contribution in [0.15, 0.2) is 28.9 Å². The Morgan fingerprint density at radius 3 is 2.48 bits per heavy atom. The molecule has 0 aliphatic heterocycles. The monoisotopic (exact) mass is 423 g/mol. The van der Waals surface area contributed by atoms with Gasteiger partial charge in [0.15, 0.2) is 5.65 Å². The van der Waals surface area contributed by atoms with Crippen LogP contribution in [0.4, 0.5) is 0 Å². The van der Waals surface area contributed by atoms with Crippen molar-refractivity contribution in [3.05, 3.63) is 49.8 Å². The van der Waals surface area contributed by atoms with Crippen LogP contribution in [0.1, 0.15) is 5.82 Å². The third-order valence-corrected chi connectivity index (χ3v) is 4.58. The molecule has 3 aromatic rings. The van der Waals surface area contributed by atoms with E-state index in [0.717, 1.165) is 4.47 Å². The number of hydrogen-bond acceptors (Lipinski definition) is 2. The fraction of sp³-hybridized carbons (Fsp3) is 0.0769. The molecule has 0 unspecified atom stereocenters. The molecular formula is C13H6BrCl4N3. The lowest BCUT2D eigenvalue weighted by Crippen LogP contribution is -2.01. The first-order valence-electron chi connectivity index (χ1n) is 5.75. The van der Waals surface area contributed by atoms with Crippen LogP contribution in [0.25, 0.3) is 16.9 Å². The SMILES string of the molecule is ClCc1nc2cc(Br)cnc2n1-c1cc(Cl)c(Cl)cc1Cl. The third kappa shape index (κ3) is 2.76. The second kappa shape index (κ2) is 5.94. The maximum absolute atomic E-state index is 6.28. The van der Waals surface area contributed by atoms with Crippen LogP contribution in [0.3, 0.4) is 0 Å². The Morgan fingerprint density at radius 1 is 1.05 bits per heavy atom. The van der Waals surface area contributed by atoms with E-state index < -0.39 is 0 Å². The number of aromatic nitrogens is 3. The van der Waals surface area contributed by atoms with Crippen molar-refractivity contribution in [3.8, 4) is 5.69 Å². The minimum Gasteiger partial charge on any atom is -0.278 e. The maximum atomic E-state index is 6.28. The molecular weight excluding hydrogens is 420 g/mol. The lowest BCUT2D eigenvalue weighted by molar-refractivity contribution is 0.970. The smallest absolute Gasteiger partial charge is 0.164 e. The average Bonchev–Trinajstić information content (AvgIpc) is 2.80. The van der Waals surface area contributed by atoms with E-state index in [-0.39, 0.29) is 5.88 Å². The zero-order valence-electron chi connectivity index (χ0n) is 10.2. The van der Waals surface area contributed by atoms with Crippen LogP contribution in [0.2, 0.25) is 15.1 Å². The first kappa shape index (κ1) is 15.4. The van der Waals surface area contributed by atoms with Gasteiger partial charge in [-0.3, -0.25) is 4.57 Å². The van der Waals surface area contributed by atoms with Gasteiger partial charge < -0.3 is 0 Å². The second-order valence-electron chi connectivity index (χ2n) is 4.21. The molecule has 0 fully saturated rings. The Bertz CT molecular complexity index is 847. The molecule has 2 heterocycles. The molecule has 0 saturated carbocycles. The zero-order valence-corrected chi connectivity index (χ0v) is 14.9. The van der Waals surface area contributed by atoms with Crippen molar-refractivity contribution in [1.82, 2.24) is 14.5 Å². The highest BCUT2D eigenvalue weighted by Gasteiger charge is 2.17. The summed E-state index contributed by atoms with van der Waals surface area (Å²) in [5, 5.41) is 1.23. The van der Waals surface area contributed by atoms with Crippen molar-refractivity contribution >= 4 is 73.5 Å². The summed E-state index contributed by atoms with van der Waals surface area (Å²) in [6, 6.07) is 5.12. The second-order valence-corrected chi connectivity index (χ2v) is 6.62. The van der Waals surface area contributed by atoms with Gasteiger partial charge >= 0.3 is 0 Å². The number of nitrogens with zero attached hydrogens (tertiary/aromatic N) is 3. The lowest BCUT2D eigenvalue weighted by atomic mass is 10.3. The van der Waals surface area contributed by atoms with E-state index in [9.17, 15) is 0 Å². The molecule has 8 heteroatoms. The van der Waals surface area contributed by atoms with Crippen molar-refractivity contribution in [2.45, 2.75) is 5.88 Å². The molecule has 0 bridgehead atoms. The first-order chi connectivity index (χ1) is 10.0. The number of rotatable bonds is 2. The van der Waals surface area contributed by atoms with Crippen molar-refractivity contribution in [1.29, 1.82) is 0 Å². The van der Waals surface area contributed by atoms with Gasteiger partial charge in [0.25, 0.3) is 0 Å². The molecule has 21 heavy (non-hydrogen) atoms. The zero-order chi connectivity index (χ0) is 15.1. The summed E-state index contributed by atoms with van der Waals surface area (Å²) in [4.78, 5) is 8.84. The summed E-state index contributed by atoms with van der Waals surface area (Å²) in [7, 11) is 0. The van der Waals surface area contributed by atoms with E-state index in [1.54, 1.807) is 22.9 Å². The minimum absolute atomic E-state index is 0.213. The molecule has 0 aliphatic carbocycles. The van der Waals surface area contributed by atoms with Crippen molar-refractivity contribution < 1.29 is 0 Å². The Labute approximate surface area is 148 Å². The molecule has 108 valence electrons. The van der Waals surface area contributed by atoms with Crippen LogP contribution in [0.5, 0.6) is 0 Å². The number of fused-ring (bicyclic) bond motifs is 1. The highest BCUT2D eigenvalue weighted by atomic mass is 79.9. The van der Waals surface area contributed by atoms with E-state index in [4.69, 9.17) is 46.4 Å². The molecule has 0 spiro atoms. The van der Waals surface area contributed by atoms with Crippen LogP contribution < -0.4 is 0 Å². The Hall–Kier alpha value is -0.520. The topological polar surface area (TPSA) is 30.7 Å². The number of hydrogen-bond donors (Lipinski definition) is 0. The molecule has 0 N–H and O–H groups in total. The predicted molar refractivity (Wildman–Crippen MR) is 91.2 cm³/mol. The predicted octanol–water partition coefficient (Wildman–Crippen LogP) is 5.88. The van der Waals surface area contributed by atoms with Crippen molar-refractivity contribution in [3.63, 3.8) is 0 Å². The average molecular weight is 426 g/mol. The summed E-state index contributed by atoms with van der Waals surface area (Å²) in [5.74, 6) is 0.836. The maximum Gasteiger partial charge on any atom is 0.164 e. The van der Waals surface area contributed by atoms with E-state index in [0.29, 0.717) is 37.7 Å². The molecule has 3 rings (SSSR count). The molecule has 0 saturated heterocycles. The normalized spacial score (nSPS) is 11.3. The third-order valence-electron chi connectivity index (χ3n) is 2.88. The fourth-order valence-corrected chi connectivity index (χ4v) is 3.14. The van der Waals surface area contributed by atoms with Gasteiger partial charge in [-0.05, 0) is 34.1 Å². The summed E-state index contributed by atoms with van der Waals surface area (Å²) in [6.45, 7) is 0. The molecule has 0 radical (unpaired) electrons. The first-order valence-corrected chi connectivity index (χ1v) is 8.21. The van der Waals surface area contributed by atoms with Crippen LogP contribution in [-0.4, -0.2) is 14.5 Å². The quantitative estimate of drug-likeness (QED) is 0.379. The standard InChI is InChI=1S/C13H6BrCl4N3/c14-6-1-10-13(19-5-6)21(12(4-15)20-10)11-3-8(17)7(16)2-9(11)18/h1-3,5H,4H2. The molecule has 3 nitrogen and oxygen atoms in total. The van der Waals surface area contributed by atoms with E-state index >= 15 is 0 Å². The van der Waals surface area contributed by atoms with Gasteiger partial charge in [-0.15, -0.1) is 11.6 Å². The van der Waals surface area contributed by atoms with E-state index in [1.165, 1.54) is 0 Å². The lowest BCUT2D eigenvalue weighted by Gasteiger charge is -2.10. The van der Waals surface area contributed by atoms with Crippen LogP contribution in [0, 0.1) is 0 Å². The number of benzene rings is 1. The van der Waals surface area contributed by atoms with Gasteiger partial charge in [0.05, 0.1) is 26.6 Å². The van der Waals surface area contributed by atoms with E-state index in [2.05, 4.69) is 25.9 Å². The number of imidazole rings is 1. The molecule has 2 aromatic heterocycles. The molecule has 1 aromatic carbocycles. The van der Waals surface area contributed by atoms with Gasteiger partial charge in [-0.25, -0.2) is 9.97 Å². The molecule has 0 amide bonds. The summed E-state index contributed by atoms with van der Waals surface area (Å²) in [5.41, 5.74) is 2.00. The number of halogens is 5. The highest BCUT2D eigenvalue weighted by Crippen LogP contribution is 2.34. The van der Waals surface area contributed by atoms with Crippen molar-refractivity contribution in [2.75, 3.05) is 0 Å². The van der Waals surface area contributed by atoms with Crippen LogP contribution in [-0.2, 0) is 5.88 Å². The highest BCUT2D eigenvalue weighted by molar-refractivity contribution is 9.10. The Balaban J connectivity index is 2.36.